The lowest BCUT2D eigenvalue weighted by Gasteiger charge is -2.11. The minimum absolute atomic E-state index is 0.0913. The Bertz CT molecular complexity index is 985. The van der Waals surface area contributed by atoms with E-state index in [1.54, 1.807) is 0 Å². The Balaban J connectivity index is 1.79. The number of anilines is 1. The highest BCUT2D eigenvalue weighted by atomic mass is 32.2. The number of carbonyl (C=O) groups is 2. The largest absolute Gasteiger partial charge is 0.465 e. The number of hydrogen-bond acceptors (Lipinski definition) is 5. The minimum Gasteiger partial charge on any atom is -0.465 e. The van der Waals surface area contributed by atoms with Crippen LogP contribution in [0.4, 0.5) is 10.1 Å². The SMILES string of the molecule is COC(=O)c1ccc(F)c(S(=O)(=O)Nc2ccc(C(=O)NC3CC3)cc2)c1. The smallest absolute Gasteiger partial charge is 0.337 e. The van der Waals surface area contributed by atoms with Crippen LogP contribution in [0.5, 0.6) is 0 Å². The fourth-order valence-corrected chi connectivity index (χ4v) is 3.51. The first-order valence-electron chi connectivity index (χ1n) is 8.12. The van der Waals surface area contributed by atoms with Crippen LogP contribution in [-0.2, 0) is 14.8 Å². The summed E-state index contributed by atoms with van der Waals surface area (Å²) >= 11 is 0. The molecule has 2 aromatic carbocycles. The van der Waals surface area contributed by atoms with E-state index in [0.29, 0.717) is 5.56 Å². The van der Waals surface area contributed by atoms with Crippen molar-refractivity contribution in [3.63, 3.8) is 0 Å². The molecule has 142 valence electrons. The van der Waals surface area contributed by atoms with Gasteiger partial charge in [0.15, 0.2) is 0 Å². The van der Waals surface area contributed by atoms with Gasteiger partial charge in [-0.3, -0.25) is 9.52 Å². The van der Waals surface area contributed by atoms with E-state index in [2.05, 4.69) is 14.8 Å². The van der Waals surface area contributed by atoms with Crippen molar-refractivity contribution in [2.45, 2.75) is 23.8 Å². The molecule has 0 radical (unpaired) electrons. The highest BCUT2D eigenvalue weighted by molar-refractivity contribution is 7.92. The second-order valence-corrected chi connectivity index (χ2v) is 7.72. The number of sulfonamides is 1. The Morgan fingerprint density at radius 1 is 1.07 bits per heavy atom. The number of amides is 1. The van der Waals surface area contributed by atoms with E-state index in [9.17, 15) is 22.4 Å². The molecular weight excluding hydrogens is 375 g/mol. The number of hydrogen-bond donors (Lipinski definition) is 2. The molecule has 0 bridgehead atoms. The maximum Gasteiger partial charge on any atom is 0.337 e. The predicted molar refractivity (Wildman–Crippen MR) is 95.5 cm³/mol. The molecule has 0 unspecified atom stereocenters. The van der Waals surface area contributed by atoms with E-state index in [1.807, 2.05) is 0 Å². The van der Waals surface area contributed by atoms with E-state index in [-0.39, 0.29) is 23.2 Å². The molecule has 1 fully saturated rings. The zero-order chi connectivity index (χ0) is 19.6. The van der Waals surface area contributed by atoms with Crippen molar-refractivity contribution in [3.05, 3.63) is 59.4 Å². The molecule has 1 amide bonds. The van der Waals surface area contributed by atoms with Gasteiger partial charge in [-0.25, -0.2) is 17.6 Å². The summed E-state index contributed by atoms with van der Waals surface area (Å²) in [6.07, 6.45) is 1.92. The first kappa shape index (κ1) is 18.8. The topological polar surface area (TPSA) is 102 Å². The highest BCUT2D eigenvalue weighted by Gasteiger charge is 2.24. The minimum atomic E-state index is -4.28. The van der Waals surface area contributed by atoms with Crippen molar-refractivity contribution < 1.29 is 27.1 Å². The third-order valence-corrected chi connectivity index (χ3v) is 5.35. The lowest BCUT2D eigenvalue weighted by atomic mass is 10.2. The monoisotopic (exact) mass is 392 g/mol. The summed E-state index contributed by atoms with van der Waals surface area (Å²) in [6.45, 7) is 0. The number of methoxy groups -OCH3 is 1. The van der Waals surface area contributed by atoms with E-state index in [0.717, 1.165) is 38.2 Å². The van der Waals surface area contributed by atoms with Crippen molar-refractivity contribution >= 4 is 27.6 Å². The predicted octanol–water partition coefficient (Wildman–Crippen LogP) is 2.31. The summed E-state index contributed by atoms with van der Waals surface area (Å²) in [4.78, 5) is 22.8. The van der Waals surface area contributed by atoms with Gasteiger partial charge in [0, 0.05) is 17.3 Å². The Kier molecular flexibility index (Phi) is 5.13. The van der Waals surface area contributed by atoms with Gasteiger partial charge in [-0.1, -0.05) is 0 Å². The average Bonchev–Trinajstić information content (AvgIpc) is 3.45. The summed E-state index contributed by atoms with van der Waals surface area (Å²) in [5, 5.41) is 2.82. The van der Waals surface area contributed by atoms with Crippen molar-refractivity contribution in [1.82, 2.24) is 5.32 Å². The summed E-state index contributed by atoms with van der Waals surface area (Å²) in [5.41, 5.74) is 0.455. The van der Waals surface area contributed by atoms with Gasteiger partial charge in [0.1, 0.15) is 10.7 Å². The molecule has 2 N–H and O–H groups in total. The third-order valence-electron chi connectivity index (χ3n) is 3.95. The van der Waals surface area contributed by atoms with Crippen molar-refractivity contribution in [2.75, 3.05) is 11.8 Å². The maximum absolute atomic E-state index is 14.0. The van der Waals surface area contributed by atoms with Crippen molar-refractivity contribution in [2.24, 2.45) is 0 Å². The lowest BCUT2D eigenvalue weighted by molar-refractivity contribution is 0.0600. The first-order chi connectivity index (χ1) is 12.8. The molecule has 0 spiro atoms. The van der Waals surface area contributed by atoms with Crippen LogP contribution in [0, 0.1) is 5.82 Å². The molecule has 9 heteroatoms. The van der Waals surface area contributed by atoms with E-state index in [4.69, 9.17) is 0 Å². The van der Waals surface area contributed by atoms with Gasteiger partial charge in [-0.2, -0.15) is 0 Å². The van der Waals surface area contributed by atoms with Crippen LogP contribution in [0.3, 0.4) is 0 Å². The van der Waals surface area contributed by atoms with Crippen LogP contribution in [-0.4, -0.2) is 33.4 Å². The quantitative estimate of drug-likeness (QED) is 0.735. The molecule has 0 heterocycles. The molecule has 27 heavy (non-hydrogen) atoms. The van der Waals surface area contributed by atoms with Crippen LogP contribution in [0.15, 0.2) is 47.4 Å². The number of halogens is 1. The lowest BCUT2D eigenvalue weighted by Crippen LogP contribution is -2.25. The van der Waals surface area contributed by atoms with Gasteiger partial charge in [-0.15, -0.1) is 0 Å². The molecule has 2 aromatic rings. The van der Waals surface area contributed by atoms with Crippen LogP contribution in [0.2, 0.25) is 0 Å². The second kappa shape index (κ2) is 7.36. The number of ether oxygens (including phenoxy) is 1. The molecule has 1 aliphatic carbocycles. The summed E-state index contributed by atoms with van der Waals surface area (Å²) in [6, 6.07) is 8.87. The number of carbonyl (C=O) groups excluding carboxylic acids is 2. The molecule has 0 atom stereocenters. The molecule has 1 saturated carbocycles. The first-order valence-corrected chi connectivity index (χ1v) is 9.60. The Hall–Kier alpha value is -2.94. The van der Waals surface area contributed by atoms with Crippen LogP contribution < -0.4 is 10.0 Å². The van der Waals surface area contributed by atoms with Gasteiger partial charge in [0.25, 0.3) is 15.9 Å². The van der Waals surface area contributed by atoms with Crippen molar-refractivity contribution in [1.29, 1.82) is 0 Å². The van der Waals surface area contributed by atoms with Gasteiger partial charge < -0.3 is 10.1 Å². The number of rotatable bonds is 6. The normalized spacial score (nSPS) is 13.7. The van der Waals surface area contributed by atoms with Gasteiger partial charge in [0.05, 0.1) is 12.7 Å². The average molecular weight is 392 g/mol. The summed E-state index contributed by atoms with van der Waals surface area (Å²) < 4.78 is 45.7. The number of benzene rings is 2. The molecule has 1 aliphatic rings. The van der Waals surface area contributed by atoms with E-state index >= 15 is 0 Å². The maximum atomic E-state index is 14.0. The third kappa shape index (κ3) is 4.43. The number of nitrogens with one attached hydrogen (secondary N) is 2. The summed E-state index contributed by atoms with van der Waals surface area (Å²) in [7, 11) is -3.15. The van der Waals surface area contributed by atoms with Crippen LogP contribution >= 0.6 is 0 Å². The standard InChI is InChI=1S/C18H17FN2O5S/c1-26-18(23)12-4-9-15(19)16(10-12)27(24,25)21-14-5-2-11(3-6-14)17(22)20-13-7-8-13/h2-6,9-10,13,21H,7-8H2,1H3,(H,20,22). The Labute approximate surface area is 155 Å². The summed E-state index contributed by atoms with van der Waals surface area (Å²) in [5.74, 6) is -2.02. The molecule has 0 aliphatic heterocycles. The molecule has 0 saturated heterocycles. The van der Waals surface area contributed by atoms with Gasteiger partial charge in [0.2, 0.25) is 0 Å². The Morgan fingerprint density at radius 3 is 2.30 bits per heavy atom. The highest BCUT2D eigenvalue weighted by Crippen LogP contribution is 2.22. The fraction of sp³-hybridized carbons (Fsp3) is 0.222. The molecule has 7 nitrogen and oxygen atoms in total. The van der Waals surface area contributed by atoms with Crippen molar-refractivity contribution in [3.8, 4) is 0 Å². The number of esters is 1. The fourth-order valence-electron chi connectivity index (χ4n) is 2.35. The molecule has 0 aromatic heterocycles. The second-order valence-electron chi connectivity index (χ2n) is 6.07. The molecular formula is C18H17FN2O5S. The van der Waals surface area contributed by atoms with Gasteiger partial charge >= 0.3 is 5.97 Å². The van der Waals surface area contributed by atoms with Gasteiger partial charge in [-0.05, 0) is 55.3 Å². The van der Waals surface area contributed by atoms with Crippen LogP contribution in [0.25, 0.3) is 0 Å². The van der Waals surface area contributed by atoms with Crippen LogP contribution in [0.1, 0.15) is 33.6 Å². The Morgan fingerprint density at radius 2 is 1.70 bits per heavy atom. The molecule has 3 rings (SSSR count). The zero-order valence-electron chi connectivity index (χ0n) is 14.4. The zero-order valence-corrected chi connectivity index (χ0v) is 15.2. The van der Waals surface area contributed by atoms with E-state index < -0.39 is 26.7 Å². The van der Waals surface area contributed by atoms with E-state index in [1.165, 1.54) is 24.3 Å².